The zero-order valence-corrected chi connectivity index (χ0v) is 20.6. The van der Waals surface area contributed by atoms with Crippen LogP contribution in [0.4, 0.5) is 4.39 Å². The summed E-state index contributed by atoms with van der Waals surface area (Å²) in [5.74, 6) is 0.965. The van der Waals surface area contributed by atoms with Gasteiger partial charge in [-0.2, -0.15) is 0 Å². The molecule has 3 aromatic carbocycles. The Labute approximate surface area is 208 Å². The van der Waals surface area contributed by atoms with Gasteiger partial charge in [0.15, 0.2) is 11.0 Å². The number of nitrogens with one attached hydrogen (secondary N) is 1. The molecule has 0 spiro atoms. The van der Waals surface area contributed by atoms with Gasteiger partial charge >= 0.3 is 0 Å². The van der Waals surface area contributed by atoms with E-state index in [-0.39, 0.29) is 24.4 Å². The van der Waals surface area contributed by atoms with Gasteiger partial charge in [-0.25, -0.2) is 4.39 Å². The number of aromatic nitrogens is 3. The van der Waals surface area contributed by atoms with Crippen molar-refractivity contribution in [3.05, 3.63) is 102 Å². The van der Waals surface area contributed by atoms with Crippen LogP contribution in [0.25, 0.3) is 5.69 Å². The van der Waals surface area contributed by atoms with Crippen LogP contribution in [0.1, 0.15) is 36.8 Å². The van der Waals surface area contributed by atoms with Crippen molar-refractivity contribution in [2.24, 2.45) is 0 Å². The number of ether oxygens (including phenoxy) is 1. The average molecular weight is 491 g/mol. The van der Waals surface area contributed by atoms with Gasteiger partial charge in [0.1, 0.15) is 18.2 Å². The van der Waals surface area contributed by atoms with E-state index in [4.69, 9.17) is 4.74 Å². The van der Waals surface area contributed by atoms with E-state index in [1.165, 1.54) is 23.9 Å². The normalized spacial score (nSPS) is 12.7. The zero-order chi connectivity index (χ0) is 24.8. The van der Waals surface area contributed by atoms with Crippen molar-refractivity contribution in [1.82, 2.24) is 20.1 Å². The average Bonchev–Trinajstić information content (AvgIpc) is 3.26. The number of rotatable bonds is 9. The molecule has 0 radical (unpaired) electrons. The Morgan fingerprint density at radius 2 is 1.69 bits per heavy atom. The zero-order valence-electron chi connectivity index (χ0n) is 19.8. The molecular weight excluding hydrogens is 463 g/mol. The fraction of sp³-hybridized carbons (Fsp3) is 0.222. The predicted octanol–water partition coefficient (Wildman–Crippen LogP) is 5.65. The summed E-state index contributed by atoms with van der Waals surface area (Å²) < 4.78 is 21.2. The molecule has 0 bridgehead atoms. The van der Waals surface area contributed by atoms with Crippen molar-refractivity contribution in [1.29, 1.82) is 0 Å². The molecule has 1 heterocycles. The van der Waals surface area contributed by atoms with E-state index in [2.05, 4.69) is 15.5 Å². The monoisotopic (exact) mass is 490 g/mol. The molecule has 0 aliphatic rings. The Kier molecular flexibility index (Phi) is 7.82. The van der Waals surface area contributed by atoms with Gasteiger partial charge in [-0.3, -0.25) is 9.36 Å². The van der Waals surface area contributed by atoms with Crippen LogP contribution in [-0.2, 0) is 11.4 Å². The van der Waals surface area contributed by atoms with Crippen molar-refractivity contribution in [2.75, 3.05) is 0 Å². The smallest absolute Gasteiger partial charge is 0.233 e. The molecule has 0 fully saturated rings. The first-order valence-electron chi connectivity index (χ1n) is 11.3. The van der Waals surface area contributed by atoms with E-state index >= 15 is 0 Å². The molecule has 2 atom stereocenters. The molecule has 4 aromatic rings. The van der Waals surface area contributed by atoms with E-state index in [1.54, 1.807) is 12.1 Å². The summed E-state index contributed by atoms with van der Waals surface area (Å²) in [6.45, 7) is 5.92. The molecule has 2 unspecified atom stereocenters. The highest BCUT2D eigenvalue weighted by molar-refractivity contribution is 8.00. The quantitative estimate of drug-likeness (QED) is 0.307. The summed E-state index contributed by atoms with van der Waals surface area (Å²) in [6.07, 6.45) is 0. The summed E-state index contributed by atoms with van der Waals surface area (Å²) in [5, 5.41) is 11.9. The predicted molar refractivity (Wildman–Crippen MR) is 135 cm³/mol. The molecule has 6 nitrogen and oxygen atoms in total. The Hall–Kier alpha value is -3.65. The van der Waals surface area contributed by atoms with E-state index in [0.717, 1.165) is 22.6 Å². The molecule has 4 rings (SSSR count). The van der Waals surface area contributed by atoms with Crippen molar-refractivity contribution in [2.45, 2.75) is 43.8 Å². The highest BCUT2D eigenvalue weighted by Crippen LogP contribution is 2.27. The number of benzene rings is 3. The van der Waals surface area contributed by atoms with E-state index in [1.807, 2.05) is 79.9 Å². The van der Waals surface area contributed by atoms with Gasteiger partial charge in [-0.1, -0.05) is 60.3 Å². The molecule has 1 N–H and O–H groups in total. The van der Waals surface area contributed by atoms with Crippen LogP contribution in [0.15, 0.2) is 84.0 Å². The lowest BCUT2D eigenvalue weighted by Gasteiger charge is -2.18. The molecule has 180 valence electrons. The Morgan fingerprint density at radius 3 is 2.40 bits per heavy atom. The maximum absolute atomic E-state index is 13.2. The number of carbonyl (C=O) groups is 1. The molecule has 0 aliphatic heterocycles. The highest BCUT2D eigenvalue weighted by atomic mass is 32.2. The molecule has 8 heteroatoms. The lowest BCUT2D eigenvalue weighted by Crippen LogP contribution is -2.33. The van der Waals surface area contributed by atoms with Gasteiger partial charge in [0, 0.05) is 5.69 Å². The molecule has 0 aliphatic carbocycles. The Morgan fingerprint density at radius 1 is 1.00 bits per heavy atom. The molecule has 1 aromatic heterocycles. The van der Waals surface area contributed by atoms with E-state index < -0.39 is 5.25 Å². The first-order valence-corrected chi connectivity index (χ1v) is 12.2. The fourth-order valence-corrected chi connectivity index (χ4v) is 4.44. The van der Waals surface area contributed by atoms with Gasteiger partial charge in [-0.05, 0) is 62.2 Å². The number of para-hydroxylation sites is 2. The SMILES string of the molecule is Cc1ccccc1OCc1nnc(SC(C)C(=O)NC(C)c2ccc(F)cc2)n1-c1ccccc1. The second kappa shape index (κ2) is 11.2. The molecule has 0 saturated heterocycles. The summed E-state index contributed by atoms with van der Waals surface area (Å²) in [6, 6.07) is 23.4. The summed E-state index contributed by atoms with van der Waals surface area (Å²) in [5.41, 5.74) is 2.75. The van der Waals surface area contributed by atoms with Gasteiger partial charge < -0.3 is 10.1 Å². The molecule has 0 saturated carbocycles. The number of thioether (sulfide) groups is 1. The van der Waals surface area contributed by atoms with Gasteiger partial charge in [0.25, 0.3) is 0 Å². The Bertz CT molecular complexity index is 1280. The minimum absolute atomic E-state index is 0.146. The number of amides is 1. The van der Waals surface area contributed by atoms with Crippen molar-refractivity contribution < 1.29 is 13.9 Å². The molecule has 1 amide bonds. The number of aryl methyl sites for hydroxylation is 1. The standard InChI is InChI=1S/C27H27FN4O2S/c1-18-9-7-8-12-24(18)34-17-25-30-31-27(32(25)23-10-5-4-6-11-23)35-20(3)26(33)29-19(2)21-13-15-22(28)16-14-21/h4-16,19-20H,17H2,1-3H3,(H,29,33). The summed E-state index contributed by atoms with van der Waals surface area (Å²) >= 11 is 1.32. The minimum atomic E-state index is -0.435. The molecule has 35 heavy (non-hydrogen) atoms. The Balaban J connectivity index is 1.50. The molecular formula is C27H27FN4O2S. The lowest BCUT2D eigenvalue weighted by atomic mass is 10.1. The number of nitrogens with zero attached hydrogens (tertiary/aromatic N) is 3. The van der Waals surface area contributed by atoms with Crippen LogP contribution in [-0.4, -0.2) is 25.9 Å². The summed E-state index contributed by atoms with van der Waals surface area (Å²) in [4.78, 5) is 12.9. The largest absolute Gasteiger partial charge is 0.485 e. The van der Waals surface area contributed by atoms with E-state index in [9.17, 15) is 9.18 Å². The fourth-order valence-electron chi connectivity index (χ4n) is 3.54. The first kappa shape index (κ1) is 24.5. The second-order valence-electron chi connectivity index (χ2n) is 8.17. The third-order valence-corrected chi connectivity index (χ3v) is 6.59. The van der Waals surface area contributed by atoms with Crippen LogP contribution < -0.4 is 10.1 Å². The third kappa shape index (κ3) is 6.08. The van der Waals surface area contributed by atoms with Crippen LogP contribution in [0, 0.1) is 12.7 Å². The van der Waals surface area contributed by atoms with Crippen molar-refractivity contribution in [3.63, 3.8) is 0 Å². The second-order valence-corrected chi connectivity index (χ2v) is 9.47. The number of hydrogen-bond acceptors (Lipinski definition) is 5. The topological polar surface area (TPSA) is 69.0 Å². The maximum atomic E-state index is 13.2. The van der Waals surface area contributed by atoms with Gasteiger partial charge in [-0.15, -0.1) is 10.2 Å². The van der Waals surface area contributed by atoms with Crippen molar-refractivity contribution >= 4 is 17.7 Å². The van der Waals surface area contributed by atoms with Crippen LogP contribution >= 0.6 is 11.8 Å². The van der Waals surface area contributed by atoms with Crippen LogP contribution in [0.2, 0.25) is 0 Å². The summed E-state index contributed by atoms with van der Waals surface area (Å²) in [7, 11) is 0. The van der Waals surface area contributed by atoms with Gasteiger partial charge in [0.05, 0.1) is 11.3 Å². The number of carbonyl (C=O) groups excluding carboxylic acids is 1. The third-order valence-electron chi connectivity index (χ3n) is 5.55. The highest BCUT2D eigenvalue weighted by Gasteiger charge is 2.23. The van der Waals surface area contributed by atoms with Gasteiger partial charge in [0.2, 0.25) is 5.91 Å². The first-order chi connectivity index (χ1) is 16.9. The van der Waals surface area contributed by atoms with Crippen LogP contribution in [0.3, 0.4) is 0 Å². The maximum Gasteiger partial charge on any atom is 0.233 e. The lowest BCUT2D eigenvalue weighted by molar-refractivity contribution is -0.120. The van der Waals surface area contributed by atoms with Crippen LogP contribution in [0.5, 0.6) is 5.75 Å². The number of hydrogen-bond donors (Lipinski definition) is 1. The number of halogens is 1. The minimum Gasteiger partial charge on any atom is -0.485 e. The van der Waals surface area contributed by atoms with Crippen molar-refractivity contribution in [3.8, 4) is 11.4 Å². The van der Waals surface area contributed by atoms with E-state index in [0.29, 0.717) is 11.0 Å².